The number of rotatable bonds is 7. The van der Waals surface area contributed by atoms with Crippen LogP contribution in [0.1, 0.15) is 54.0 Å². The summed E-state index contributed by atoms with van der Waals surface area (Å²) in [6.45, 7) is 3.24. The summed E-state index contributed by atoms with van der Waals surface area (Å²) < 4.78 is 0. The van der Waals surface area contributed by atoms with E-state index in [-0.39, 0.29) is 24.2 Å². The highest BCUT2D eigenvalue weighted by Gasteiger charge is 2.13. The molecular formula is C13H18N2O4. The van der Waals surface area contributed by atoms with Crippen molar-refractivity contribution in [1.82, 2.24) is 10.3 Å². The van der Waals surface area contributed by atoms with Gasteiger partial charge in [0.05, 0.1) is 0 Å². The number of aromatic nitrogens is 1. The van der Waals surface area contributed by atoms with Gasteiger partial charge in [-0.1, -0.05) is 0 Å². The second-order valence-electron chi connectivity index (χ2n) is 4.52. The van der Waals surface area contributed by atoms with Crippen molar-refractivity contribution in [3.63, 3.8) is 0 Å². The van der Waals surface area contributed by atoms with E-state index in [4.69, 9.17) is 5.11 Å². The lowest BCUT2D eigenvalue weighted by Gasteiger charge is -2.12. The van der Waals surface area contributed by atoms with E-state index in [1.165, 1.54) is 19.2 Å². The third-order valence-electron chi connectivity index (χ3n) is 2.74. The number of H-pyrrole nitrogens is 1. The molecular weight excluding hydrogens is 248 g/mol. The number of hydrogen-bond acceptors (Lipinski definition) is 3. The number of nitrogens with one attached hydrogen (secondary N) is 2. The van der Waals surface area contributed by atoms with Crippen LogP contribution in [0.4, 0.5) is 0 Å². The summed E-state index contributed by atoms with van der Waals surface area (Å²) in [7, 11) is 0. The van der Waals surface area contributed by atoms with Gasteiger partial charge in [-0.3, -0.25) is 14.4 Å². The molecule has 0 aliphatic carbocycles. The fourth-order valence-electron chi connectivity index (χ4n) is 1.66. The maximum Gasteiger partial charge on any atom is 0.303 e. The van der Waals surface area contributed by atoms with Crippen LogP contribution in [-0.4, -0.2) is 33.8 Å². The maximum atomic E-state index is 11.8. The Morgan fingerprint density at radius 3 is 2.63 bits per heavy atom. The second kappa shape index (κ2) is 6.72. The third-order valence-corrected chi connectivity index (χ3v) is 2.74. The summed E-state index contributed by atoms with van der Waals surface area (Å²) in [5.74, 6) is -1.24. The van der Waals surface area contributed by atoms with E-state index < -0.39 is 5.97 Å². The molecule has 0 radical (unpaired) electrons. The van der Waals surface area contributed by atoms with Crippen LogP contribution in [0, 0.1) is 0 Å². The monoisotopic (exact) mass is 266 g/mol. The van der Waals surface area contributed by atoms with E-state index in [2.05, 4.69) is 10.3 Å². The zero-order valence-corrected chi connectivity index (χ0v) is 11.0. The average Bonchev–Trinajstić information content (AvgIpc) is 2.77. The Kier molecular flexibility index (Phi) is 5.29. The molecule has 6 heteroatoms. The highest BCUT2D eigenvalue weighted by molar-refractivity contribution is 5.99. The first kappa shape index (κ1) is 14.9. The molecule has 1 rings (SSSR count). The number of Topliss-reactive ketones (excluding diaryl/α,β-unsaturated/α-hetero) is 1. The normalized spacial score (nSPS) is 11.9. The number of carboxylic acids is 1. The predicted octanol–water partition coefficient (Wildman–Crippen LogP) is 1.59. The van der Waals surface area contributed by atoms with Gasteiger partial charge in [0.25, 0.3) is 5.91 Å². The van der Waals surface area contributed by atoms with E-state index in [1.807, 2.05) is 6.92 Å². The van der Waals surface area contributed by atoms with Crippen molar-refractivity contribution in [3.05, 3.63) is 23.5 Å². The zero-order valence-electron chi connectivity index (χ0n) is 11.0. The third kappa shape index (κ3) is 4.95. The zero-order chi connectivity index (χ0) is 14.4. The van der Waals surface area contributed by atoms with Gasteiger partial charge in [0.2, 0.25) is 0 Å². The molecule has 104 valence electrons. The van der Waals surface area contributed by atoms with Gasteiger partial charge in [-0.25, -0.2) is 0 Å². The molecule has 19 heavy (non-hydrogen) atoms. The summed E-state index contributed by atoms with van der Waals surface area (Å²) >= 11 is 0. The summed E-state index contributed by atoms with van der Waals surface area (Å²) in [6.07, 6.45) is 2.70. The molecule has 1 atom stereocenters. The van der Waals surface area contributed by atoms with E-state index in [9.17, 15) is 14.4 Å². The van der Waals surface area contributed by atoms with Crippen LogP contribution in [0.5, 0.6) is 0 Å². The molecule has 0 spiro atoms. The standard InChI is InChI=1S/C13H18N2O4/c1-8(4-3-5-12(17)18)15-13(19)11-6-10(7-14-11)9(2)16/h6-8,14H,3-5H2,1-2H3,(H,15,19)(H,17,18). The largest absolute Gasteiger partial charge is 0.481 e. The van der Waals surface area contributed by atoms with Gasteiger partial charge in [-0.05, 0) is 32.8 Å². The van der Waals surface area contributed by atoms with Gasteiger partial charge in [-0.2, -0.15) is 0 Å². The molecule has 0 aliphatic heterocycles. The van der Waals surface area contributed by atoms with Crippen molar-refractivity contribution in [1.29, 1.82) is 0 Å². The van der Waals surface area contributed by atoms with E-state index >= 15 is 0 Å². The Balaban J connectivity index is 2.45. The summed E-state index contributed by atoms with van der Waals surface area (Å²) in [6, 6.07) is 1.39. The second-order valence-corrected chi connectivity index (χ2v) is 4.52. The van der Waals surface area contributed by atoms with Crippen molar-refractivity contribution in [3.8, 4) is 0 Å². The number of carboxylic acid groups (broad SMARTS) is 1. The fourth-order valence-corrected chi connectivity index (χ4v) is 1.66. The molecule has 1 heterocycles. The molecule has 1 unspecified atom stereocenters. The Morgan fingerprint density at radius 1 is 1.42 bits per heavy atom. The van der Waals surface area contributed by atoms with Gasteiger partial charge >= 0.3 is 5.97 Å². The van der Waals surface area contributed by atoms with Gasteiger partial charge in [-0.15, -0.1) is 0 Å². The minimum Gasteiger partial charge on any atom is -0.481 e. The molecule has 0 saturated heterocycles. The first-order chi connectivity index (χ1) is 8.90. The van der Waals surface area contributed by atoms with Crippen molar-refractivity contribution in [2.75, 3.05) is 0 Å². The molecule has 0 aromatic carbocycles. The van der Waals surface area contributed by atoms with Crippen LogP contribution >= 0.6 is 0 Å². The number of carbonyl (C=O) groups is 3. The molecule has 3 N–H and O–H groups in total. The van der Waals surface area contributed by atoms with Gasteiger partial charge in [0.15, 0.2) is 5.78 Å². The number of amides is 1. The first-order valence-corrected chi connectivity index (χ1v) is 6.12. The topological polar surface area (TPSA) is 99.3 Å². The van der Waals surface area contributed by atoms with Gasteiger partial charge < -0.3 is 15.4 Å². The smallest absolute Gasteiger partial charge is 0.303 e. The van der Waals surface area contributed by atoms with Crippen molar-refractivity contribution in [2.45, 2.75) is 39.2 Å². The Hall–Kier alpha value is -2.11. The molecule has 0 fully saturated rings. The van der Waals surface area contributed by atoms with E-state index in [1.54, 1.807) is 0 Å². The number of aromatic amines is 1. The SMILES string of the molecule is CC(=O)c1c[nH]c(C(=O)NC(C)CCCC(=O)O)c1. The van der Waals surface area contributed by atoms with Crippen LogP contribution in [0.15, 0.2) is 12.3 Å². The van der Waals surface area contributed by atoms with Crippen LogP contribution in [0.3, 0.4) is 0 Å². The van der Waals surface area contributed by atoms with Crippen molar-refractivity contribution in [2.24, 2.45) is 0 Å². The molecule has 0 aliphatic rings. The number of aliphatic carboxylic acids is 1. The van der Waals surface area contributed by atoms with Crippen molar-refractivity contribution < 1.29 is 19.5 Å². The summed E-state index contributed by atoms with van der Waals surface area (Å²) in [5.41, 5.74) is 0.791. The molecule has 1 aromatic heterocycles. The average molecular weight is 266 g/mol. The summed E-state index contributed by atoms with van der Waals surface area (Å²) in [4.78, 5) is 36.0. The van der Waals surface area contributed by atoms with Gasteiger partial charge in [0.1, 0.15) is 5.69 Å². The minimum absolute atomic E-state index is 0.0944. The highest BCUT2D eigenvalue weighted by Crippen LogP contribution is 2.06. The molecule has 0 bridgehead atoms. The lowest BCUT2D eigenvalue weighted by atomic mass is 10.1. The Morgan fingerprint density at radius 2 is 2.11 bits per heavy atom. The van der Waals surface area contributed by atoms with E-state index in [0.717, 1.165) is 0 Å². The molecule has 0 saturated carbocycles. The van der Waals surface area contributed by atoms with Crippen LogP contribution < -0.4 is 5.32 Å². The number of ketones is 1. The molecule has 1 amide bonds. The first-order valence-electron chi connectivity index (χ1n) is 6.12. The van der Waals surface area contributed by atoms with Gasteiger partial charge in [0, 0.05) is 24.2 Å². The Labute approximate surface area is 111 Å². The minimum atomic E-state index is -0.839. The van der Waals surface area contributed by atoms with Crippen LogP contribution in [0.2, 0.25) is 0 Å². The lowest BCUT2D eigenvalue weighted by Crippen LogP contribution is -2.32. The summed E-state index contributed by atoms with van der Waals surface area (Å²) in [5, 5.41) is 11.3. The van der Waals surface area contributed by atoms with E-state index in [0.29, 0.717) is 24.1 Å². The molecule has 1 aromatic rings. The lowest BCUT2D eigenvalue weighted by molar-refractivity contribution is -0.137. The molecule has 6 nitrogen and oxygen atoms in total. The quantitative estimate of drug-likeness (QED) is 0.652. The van der Waals surface area contributed by atoms with Crippen LogP contribution in [0.25, 0.3) is 0 Å². The fraction of sp³-hybridized carbons (Fsp3) is 0.462. The highest BCUT2D eigenvalue weighted by atomic mass is 16.4. The number of hydrogen-bond donors (Lipinski definition) is 3. The Bertz CT molecular complexity index is 479. The number of carbonyl (C=O) groups excluding carboxylic acids is 2. The van der Waals surface area contributed by atoms with Crippen molar-refractivity contribution >= 4 is 17.7 Å². The van der Waals surface area contributed by atoms with Crippen LogP contribution in [-0.2, 0) is 4.79 Å². The predicted molar refractivity (Wildman–Crippen MR) is 69.2 cm³/mol. The maximum absolute atomic E-state index is 11.8.